The van der Waals surface area contributed by atoms with Gasteiger partial charge in [0.05, 0.1) is 18.2 Å². The van der Waals surface area contributed by atoms with E-state index in [2.05, 4.69) is 24.4 Å². The number of aliphatic hydroxyl groups is 1. The highest BCUT2D eigenvalue weighted by Gasteiger charge is 2.49. The molecule has 1 saturated heterocycles. The van der Waals surface area contributed by atoms with Gasteiger partial charge in [0, 0.05) is 0 Å². The lowest BCUT2D eigenvalue weighted by Gasteiger charge is -2.07. The molecular weight excluding hydrogens is 150 g/mol. The van der Waals surface area contributed by atoms with Crippen LogP contribution in [0.4, 0.5) is 0 Å². The van der Waals surface area contributed by atoms with Crippen molar-refractivity contribution in [3.63, 3.8) is 0 Å². The molecule has 64 valence electrons. The average molecular weight is 163 g/mol. The van der Waals surface area contributed by atoms with Crippen LogP contribution in [0.15, 0.2) is 30.3 Å². The monoisotopic (exact) mass is 163 g/mol. The zero-order chi connectivity index (χ0) is 8.60. The Morgan fingerprint density at radius 2 is 2.08 bits per heavy atom. The van der Waals surface area contributed by atoms with E-state index in [9.17, 15) is 0 Å². The van der Waals surface area contributed by atoms with Crippen LogP contribution < -0.4 is 5.32 Å². The van der Waals surface area contributed by atoms with Crippen LogP contribution in [0.1, 0.15) is 12.5 Å². The van der Waals surface area contributed by atoms with Gasteiger partial charge in [-0.1, -0.05) is 30.3 Å². The fourth-order valence-corrected chi connectivity index (χ4v) is 1.62. The molecule has 1 aliphatic heterocycles. The maximum Gasteiger partial charge on any atom is 0.0606 e. The van der Waals surface area contributed by atoms with Crippen molar-refractivity contribution in [3.8, 4) is 0 Å². The lowest BCUT2D eigenvalue weighted by Crippen LogP contribution is -2.10. The molecule has 1 aliphatic rings. The first kappa shape index (κ1) is 7.77. The summed E-state index contributed by atoms with van der Waals surface area (Å²) in [5.74, 6) is 0. The van der Waals surface area contributed by atoms with E-state index >= 15 is 0 Å². The third kappa shape index (κ3) is 1.04. The molecule has 0 saturated carbocycles. The number of hydrogen-bond donors (Lipinski definition) is 2. The summed E-state index contributed by atoms with van der Waals surface area (Å²) in [7, 11) is 0. The Hall–Kier alpha value is -0.860. The topological polar surface area (TPSA) is 42.2 Å². The second-order valence-corrected chi connectivity index (χ2v) is 3.45. The van der Waals surface area contributed by atoms with Gasteiger partial charge in [0.1, 0.15) is 0 Å². The molecule has 0 bridgehead atoms. The van der Waals surface area contributed by atoms with Gasteiger partial charge in [0.15, 0.2) is 0 Å². The summed E-state index contributed by atoms with van der Waals surface area (Å²) in [6.45, 7) is 2.33. The lowest BCUT2D eigenvalue weighted by atomic mass is 9.98. The van der Waals surface area contributed by atoms with Gasteiger partial charge in [-0.05, 0) is 12.5 Å². The summed E-state index contributed by atoms with van der Waals surface area (Å²) in [6, 6.07) is 10.5. The maximum absolute atomic E-state index is 8.94. The van der Waals surface area contributed by atoms with Crippen LogP contribution >= 0.6 is 0 Å². The molecule has 2 rings (SSSR count). The first-order valence-electron chi connectivity index (χ1n) is 4.21. The van der Waals surface area contributed by atoms with Crippen LogP contribution in [0.2, 0.25) is 0 Å². The normalized spacial score (nSPS) is 33.3. The number of benzene rings is 1. The van der Waals surface area contributed by atoms with Crippen molar-refractivity contribution in [2.75, 3.05) is 6.61 Å². The summed E-state index contributed by atoms with van der Waals surface area (Å²) in [6.07, 6.45) is 0. The Balaban J connectivity index is 2.23. The lowest BCUT2D eigenvalue weighted by molar-refractivity contribution is 0.289. The molecule has 0 aromatic heterocycles. The van der Waals surface area contributed by atoms with Crippen LogP contribution in [0.3, 0.4) is 0 Å². The van der Waals surface area contributed by atoms with E-state index < -0.39 is 0 Å². The number of nitrogens with one attached hydrogen (secondary N) is 1. The van der Waals surface area contributed by atoms with Gasteiger partial charge in [-0.15, -0.1) is 0 Å². The Bertz CT molecular complexity index is 272. The molecule has 2 heteroatoms. The Morgan fingerprint density at radius 3 is 2.58 bits per heavy atom. The smallest absolute Gasteiger partial charge is 0.0606 e. The van der Waals surface area contributed by atoms with Gasteiger partial charge in [0.25, 0.3) is 0 Å². The number of rotatable bonds is 2. The van der Waals surface area contributed by atoms with Crippen LogP contribution in [-0.4, -0.2) is 17.8 Å². The molecule has 2 nitrogen and oxygen atoms in total. The van der Waals surface area contributed by atoms with Crippen molar-refractivity contribution in [2.45, 2.75) is 18.5 Å². The van der Waals surface area contributed by atoms with Crippen molar-refractivity contribution >= 4 is 0 Å². The molecule has 0 aliphatic carbocycles. The van der Waals surface area contributed by atoms with Gasteiger partial charge in [-0.3, -0.25) is 5.32 Å². The van der Waals surface area contributed by atoms with Gasteiger partial charge in [-0.2, -0.15) is 0 Å². The molecule has 12 heavy (non-hydrogen) atoms. The van der Waals surface area contributed by atoms with E-state index in [1.165, 1.54) is 5.56 Å². The Kier molecular flexibility index (Phi) is 1.67. The summed E-state index contributed by atoms with van der Waals surface area (Å²) >= 11 is 0. The predicted molar refractivity (Wildman–Crippen MR) is 47.8 cm³/mol. The molecule has 0 spiro atoms. The van der Waals surface area contributed by atoms with Gasteiger partial charge >= 0.3 is 0 Å². The second-order valence-electron chi connectivity index (χ2n) is 3.45. The van der Waals surface area contributed by atoms with Crippen molar-refractivity contribution in [1.82, 2.24) is 5.32 Å². The van der Waals surface area contributed by atoms with Crippen LogP contribution in [0.5, 0.6) is 0 Å². The van der Waals surface area contributed by atoms with E-state index in [1.807, 2.05) is 18.2 Å². The molecule has 2 N–H and O–H groups in total. The minimum absolute atomic E-state index is 0.00993. The number of hydrogen-bond acceptors (Lipinski definition) is 2. The zero-order valence-corrected chi connectivity index (χ0v) is 7.12. The number of aliphatic hydroxyl groups excluding tert-OH is 1. The highest BCUT2D eigenvalue weighted by molar-refractivity contribution is 5.32. The standard InChI is InChI=1S/C10H13NO/c1-10(9(7-12)11-10)8-5-3-2-4-6-8/h2-6,9,11-12H,7H2,1H3/t9-,10+/m1/s1. The molecule has 1 aromatic carbocycles. The van der Waals surface area contributed by atoms with E-state index in [4.69, 9.17) is 5.11 Å². The van der Waals surface area contributed by atoms with Gasteiger partial charge in [-0.25, -0.2) is 0 Å². The minimum atomic E-state index is 0.00993. The summed E-state index contributed by atoms with van der Waals surface area (Å²) in [4.78, 5) is 0. The largest absolute Gasteiger partial charge is 0.395 e. The fraction of sp³-hybridized carbons (Fsp3) is 0.400. The third-order valence-corrected chi connectivity index (χ3v) is 2.64. The molecule has 1 aromatic rings. The Morgan fingerprint density at radius 1 is 1.42 bits per heavy atom. The third-order valence-electron chi connectivity index (χ3n) is 2.64. The van der Waals surface area contributed by atoms with E-state index in [-0.39, 0.29) is 18.2 Å². The Labute approximate surface area is 72.2 Å². The van der Waals surface area contributed by atoms with Crippen molar-refractivity contribution in [2.24, 2.45) is 0 Å². The summed E-state index contributed by atoms with van der Waals surface area (Å²) < 4.78 is 0. The molecule has 0 unspecified atom stereocenters. The van der Waals surface area contributed by atoms with Crippen LogP contribution in [0, 0.1) is 0 Å². The van der Waals surface area contributed by atoms with E-state index in [0.717, 1.165) is 0 Å². The second kappa shape index (κ2) is 2.57. The van der Waals surface area contributed by atoms with Crippen LogP contribution in [0.25, 0.3) is 0 Å². The molecule has 2 atom stereocenters. The fourth-order valence-electron chi connectivity index (χ4n) is 1.62. The average Bonchev–Trinajstić information content (AvgIpc) is 2.81. The quantitative estimate of drug-likeness (QED) is 0.635. The SMILES string of the molecule is C[C@@]1(c2ccccc2)N[C@@H]1CO. The van der Waals surface area contributed by atoms with Gasteiger partial charge < -0.3 is 5.11 Å². The summed E-state index contributed by atoms with van der Waals surface area (Å²) in [5, 5.41) is 12.2. The first-order chi connectivity index (χ1) is 5.77. The first-order valence-corrected chi connectivity index (χ1v) is 4.21. The van der Waals surface area contributed by atoms with E-state index in [0.29, 0.717) is 0 Å². The summed E-state index contributed by atoms with van der Waals surface area (Å²) in [5.41, 5.74) is 1.26. The van der Waals surface area contributed by atoms with Crippen molar-refractivity contribution in [1.29, 1.82) is 0 Å². The highest BCUT2D eigenvalue weighted by atomic mass is 16.3. The van der Waals surface area contributed by atoms with E-state index in [1.54, 1.807) is 0 Å². The molecule has 0 radical (unpaired) electrons. The molecular formula is C10H13NO. The minimum Gasteiger partial charge on any atom is -0.395 e. The molecule has 1 fully saturated rings. The van der Waals surface area contributed by atoms with Gasteiger partial charge in [0.2, 0.25) is 0 Å². The zero-order valence-electron chi connectivity index (χ0n) is 7.12. The highest BCUT2D eigenvalue weighted by Crippen LogP contribution is 2.36. The van der Waals surface area contributed by atoms with Crippen LogP contribution in [-0.2, 0) is 5.54 Å². The maximum atomic E-state index is 8.94. The van der Waals surface area contributed by atoms with Crippen molar-refractivity contribution < 1.29 is 5.11 Å². The predicted octanol–water partition coefficient (Wildman–Crippen LogP) is 0.866. The van der Waals surface area contributed by atoms with Crippen molar-refractivity contribution in [3.05, 3.63) is 35.9 Å². The molecule has 1 heterocycles. The molecule has 0 amide bonds.